The molecule has 1 N–H and O–H groups in total. The standard InChI is InChI=1S/C11H14Cl3N/c1-11(2,3)6-15-10-5-8(13)7(12)4-9(10)14/h4-5,15H,6H2,1-3H3. The topological polar surface area (TPSA) is 12.0 Å². The van der Waals surface area contributed by atoms with Gasteiger partial charge in [-0.2, -0.15) is 0 Å². The van der Waals surface area contributed by atoms with E-state index in [1.165, 1.54) is 0 Å². The summed E-state index contributed by atoms with van der Waals surface area (Å²) in [5, 5.41) is 4.82. The predicted molar refractivity (Wildman–Crippen MR) is 69.4 cm³/mol. The zero-order chi connectivity index (χ0) is 11.6. The molecule has 1 rings (SSSR count). The van der Waals surface area contributed by atoms with Gasteiger partial charge in [-0.3, -0.25) is 0 Å². The van der Waals surface area contributed by atoms with Gasteiger partial charge in [0, 0.05) is 6.54 Å². The van der Waals surface area contributed by atoms with E-state index in [0.717, 1.165) is 12.2 Å². The van der Waals surface area contributed by atoms with Crippen molar-refractivity contribution in [3.63, 3.8) is 0 Å². The monoisotopic (exact) mass is 265 g/mol. The number of benzene rings is 1. The van der Waals surface area contributed by atoms with E-state index in [1.807, 2.05) is 0 Å². The predicted octanol–water partition coefficient (Wildman–Crippen LogP) is 5.10. The summed E-state index contributed by atoms with van der Waals surface area (Å²) in [6.45, 7) is 7.26. The fraction of sp³-hybridized carbons (Fsp3) is 0.455. The van der Waals surface area contributed by atoms with Crippen LogP contribution in [0.2, 0.25) is 15.1 Å². The van der Waals surface area contributed by atoms with Crippen LogP contribution in [0.25, 0.3) is 0 Å². The highest BCUT2D eigenvalue weighted by Crippen LogP contribution is 2.32. The van der Waals surface area contributed by atoms with Crippen LogP contribution in [0.1, 0.15) is 20.8 Å². The lowest BCUT2D eigenvalue weighted by atomic mass is 9.97. The molecule has 0 bridgehead atoms. The van der Waals surface area contributed by atoms with E-state index in [4.69, 9.17) is 34.8 Å². The minimum absolute atomic E-state index is 0.190. The van der Waals surface area contributed by atoms with Gasteiger partial charge in [0.25, 0.3) is 0 Å². The van der Waals surface area contributed by atoms with Crippen molar-refractivity contribution in [1.82, 2.24) is 0 Å². The molecule has 15 heavy (non-hydrogen) atoms. The molecule has 0 aromatic heterocycles. The molecule has 84 valence electrons. The van der Waals surface area contributed by atoms with E-state index in [9.17, 15) is 0 Å². The third kappa shape index (κ3) is 4.10. The molecule has 0 saturated carbocycles. The Labute approximate surface area is 106 Å². The average Bonchev–Trinajstić information content (AvgIpc) is 2.07. The summed E-state index contributed by atoms with van der Waals surface area (Å²) in [5.41, 5.74) is 1.01. The average molecular weight is 267 g/mol. The van der Waals surface area contributed by atoms with Crippen LogP contribution in [0.5, 0.6) is 0 Å². The van der Waals surface area contributed by atoms with Gasteiger partial charge >= 0.3 is 0 Å². The first-order valence-electron chi connectivity index (χ1n) is 4.68. The van der Waals surface area contributed by atoms with Gasteiger partial charge in [-0.1, -0.05) is 55.6 Å². The van der Waals surface area contributed by atoms with Crippen molar-refractivity contribution in [2.75, 3.05) is 11.9 Å². The maximum Gasteiger partial charge on any atom is 0.0653 e. The Balaban J connectivity index is 2.82. The van der Waals surface area contributed by atoms with Gasteiger partial charge in [0.2, 0.25) is 0 Å². The van der Waals surface area contributed by atoms with Crippen LogP contribution >= 0.6 is 34.8 Å². The van der Waals surface area contributed by atoms with Crippen LogP contribution in [-0.4, -0.2) is 6.54 Å². The molecule has 0 aliphatic carbocycles. The van der Waals surface area contributed by atoms with Gasteiger partial charge in [0.1, 0.15) is 0 Å². The van der Waals surface area contributed by atoms with E-state index >= 15 is 0 Å². The first kappa shape index (κ1) is 13.0. The summed E-state index contributed by atoms with van der Waals surface area (Å²) in [6.07, 6.45) is 0. The second-order valence-corrected chi connectivity index (χ2v) is 5.88. The Hall–Kier alpha value is -0.110. The minimum atomic E-state index is 0.190. The van der Waals surface area contributed by atoms with Crippen LogP contribution in [0, 0.1) is 5.41 Å². The lowest BCUT2D eigenvalue weighted by Gasteiger charge is -2.20. The highest BCUT2D eigenvalue weighted by molar-refractivity contribution is 6.44. The molecule has 0 amide bonds. The molecular formula is C11H14Cl3N. The summed E-state index contributed by atoms with van der Waals surface area (Å²) in [6, 6.07) is 3.40. The number of hydrogen-bond acceptors (Lipinski definition) is 1. The highest BCUT2D eigenvalue weighted by atomic mass is 35.5. The van der Waals surface area contributed by atoms with Crippen molar-refractivity contribution in [3.05, 3.63) is 27.2 Å². The second-order valence-electron chi connectivity index (χ2n) is 4.66. The molecule has 0 saturated heterocycles. The summed E-state index contributed by atoms with van der Waals surface area (Å²) < 4.78 is 0. The maximum atomic E-state index is 6.02. The molecule has 0 unspecified atom stereocenters. The largest absolute Gasteiger partial charge is 0.383 e. The molecular weight excluding hydrogens is 252 g/mol. The second kappa shape index (κ2) is 4.82. The minimum Gasteiger partial charge on any atom is -0.383 e. The van der Waals surface area contributed by atoms with Crippen molar-refractivity contribution < 1.29 is 0 Å². The number of nitrogens with one attached hydrogen (secondary N) is 1. The van der Waals surface area contributed by atoms with Gasteiger partial charge in [0.15, 0.2) is 0 Å². The van der Waals surface area contributed by atoms with Gasteiger partial charge < -0.3 is 5.32 Å². The van der Waals surface area contributed by atoms with Crippen molar-refractivity contribution >= 4 is 40.5 Å². The SMILES string of the molecule is CC(C)(C)CNc1cc(Cl)c(Cl)cc1Cl. The van der Waals surface area contributed by atoms with Crippen LogP contribution in [0.4, 0.5) is 5.69 Å². The quantitative estimate of drug-likeness (QED) is 0.734. The van der Waals surface area contributed by atoms with Gasteiger partial charge in [-0.25, -0.2) is 0 Å². The molecule has 0 heterocycles. The third-order valence-corrected chi connectivity index (χ3v) is 2.85. The van der Waals surface area contributed by atoms with Crippen molar-refractivity contribution in [3.8, 4) is 0 Å². The van der Waals surface area contributed by atoms with E-state index in [0.29, 0.717) is 15.1 Å². The molecule has 0 radical (unpaired) electrons. The van der Waals surface area contributed by atoms with Crippen LogP contribution in [0.15, 0.2) is 12.1 Å². The zero-order valence-corrected chi connectivity index (χ0v) is 11.3. The van der Waals surface area contributed by atoms with Crippen LogP contribution in [0.3, 0.4) is 0 Å². The van der Waals surface area contributed by atoms with Gasteiger partial charge in [-0.05, 0) is 17.5 Å². The third-order valence-electron chi connectivity index (χ3n) is 1.82. The van der Waals surface area contributed by atoms with Crippen molar-refractivity contribution in [1.29, 1.82) is 0 Å². The maximum absolute atomic E-state index is 6.02. The number of anilines is 1. The molecule has 1 aromatic carbocycles. The Morgan fingerprint density at radius 2 is 1.53 bits per heavy atom. The Morgan fingerprint density at radius 1 is 1.00 bits per heavy atom. The molecule has 1 nitrogen and oxygen atoms in total. The van der Waals surface area contributed by atoms with Crippen molar-refractivity contribution in [2.45, 2.75) is 20.8 Å². The lowest BCUT2D eigenvalue weighted by Crippen LogP contribution is -2.19. The first-order chi connectivity index (χ1) is 6.79. The van der Waals surface area contributed by atoms with E-state index in [2.05, 4.69) is 26.1 Å². The Morgan fingerprint density at radius 3 is 2.07 bits per heavy atom. The van der Waals surface area contributed by atoms with Gasteiger partial charge in [-0.15, -0.1) is 0 Å². The summed E-state index contributed by atoms with van der Waals surface area (Å²) >= 11 is 17.8. The molecule has 0 atom stereocenters. The van der Waals surface area contributed by atoms with E-state index in [1.54, 1.807) is 12.1 Å². The smallest absolute Gasteiger partial charge is 0.0653 e. The lowest BCUT2D eigenvalue weighted by molar-refractivity contribution is 0.443. The molecule has 0 fully saturated rings. The number of hydrogen-bond donors (Lipinski definition) is 1. The fourth-order valence-corrected chi connectivity index (χ4v) is 1.63. The van der Waals surface area contributed by atoms with Crippen molar-refractivity contribution in [2.24, 2.45) is 5.41 Å². The summed E-state index contributed by atoms with van der Waals surface area (Å²) in [5.74, 6) is 0. The molecule has 0 aliphatic rings. The van der Waals surface area contributed by atoms with E-state index in [-0.39, 0.29) is 5.41 Å². The molecule has 0 aliphatic heterocycles. The summed E-state index contributed by atoms with van der Waals surface area (Å²) in [7, 11) is 0. The molecule has 4 heteroatoms. The summed E-state index contributed by atoms with van der Waals surface area (Å²) in [4.78, 5) is 0. The first-order valence-corrected chi connectivity index (χ1v) is 5.81. The highest BCUT2D eigenvalue weighted by Gasteiger charge is 2.11. The zero-order valence-electron chi connectivity index (χ0n) is 9.00. The van der Waals surface area contributed by atoms with Crippen LogP contribution in [-0.2, 0) is 0 Å². The normalized spacial score (nSPS) is 11.6. The number of rotatable bonds is 2. The van der Waals surface area contributed by atoms with Crippen LogP contribution < -0.4 is 5.32 Å². The Bertz CT molecular complexity index is 356. The van der Waals surface area contributed by atoms with Gasteiger partial charge in [0.05, 0.1) is 20.8 Å². The molecule has 0 spiro atoms. The molecule has 1 aromatic rings. The van der Waals surface area contributed by atoms with E-state index < -0.39 is 0 Å². The Kier molecular flexibility index (Phi) is 4.16. The fourth-order valence-electron chi connectivity index (χ4n) is 1.02. The number of halogens is 3.